The van der Waals surface area contributed by atoms with Gasteiger partial charge in [-0.3, -0.25) is 5.10 Å². The van der Waals surface area contributed by atoms with Crippen molar-refractivity contribution in [3.05, 3.63) is 23.0 Å². The van der Waals surface area contributed by atoms with Crippen molar-refractivity contribution in [2.24, 2.45) is 0 Å². The summed E-state index contributed by atoms with van der Waals surface area (Å²) >= 11 is 0. The Morgan fingerprint density at radius 1 is 1.17 bits per heavy atom. The van der Waals surface area contributed by atoms with Crippen molar-refractivity contribution in [3.8, 4) is 0 Å². The van der Waals surface area contributed by atoms with Gasteiger partial charge in [0.05, 0.1) is 23.4 Å². The predicted molar refractivity (Wildman–Crippen MR) is 90.1 cm³/mol. The van der Waals surface area contributed by atoms with Gasteiger partial charge in [0.25, 0.3) is 0 Å². The Kier molecular flexibility index (Phi) is 5.03. The van der Waals surface area contributed by atoms with Gasteiger partial charge in [0.15, 0.2) is 5.82 Å². The molecule has 24 heavy (non-hydrogen) atoms. The van der Waals surface area contributed by atoms with Crippen LogP contribution in [0.3, 0.4) is 0 Å². The van der Waals surface area contributed by atoms with Crippen molar-refractivity contribution in [2.75, 3.05) is 25.1 Å². The molecule has 8 heteroatoms. The summed E-state index contributed by atoms with van der Waals surface area (Å²) in [5, 5.41) is 15.8. The highest BCUT2D eigenvalue weighted by Crippen LogP contribution is 2.30. The number of ether oxygens (including phenoxy) is 1. The smallest absolute Gasteiger partial charge is 0.245 e. The lowest BCUT2D eigenvalue weighted by Gasteiger charge is -2.23. The van der Waals surface area contributed by atoms with E-state index < -0.39 is 0 Å². The van der Waals surface area contributed by atoms with E-state index in [1.54, 1.807) is 0 Å². The molecule has 8 nitrogen and oxygen atoms in total. The van der Waals surface area contributed by atoms with Crippen LogP contribution in [0.2, 0.25) is 0 Å². The molecule has 130 valence electrons. The number of hydrogen-bond acceptors (Lipinski definition) is 7. The summed E-state index contributed by atoms with van der Waals surface area (Å²) in [4.78, 5) is 11.1. The van der Waals surface area contributed by atoms with Gasteiger partial charge >= 0.3 is 0 Å². The lowest BCUT2D eigenvalue weighted by atomic mass is 10.0. The number of aromatic nitrogens is 6. The molecule has 0 saturated carbocycles. The monoisotopic (exact) mass is 331 g/mol. The average molecular weight is 331 g/mol. The van der Waals surface area contributed by atoms with E-state index in [0.29, 0.717) is 12.5 Å². The average Bonchev–Trinajstić information content (AvgIpc) is 3.22. The van der Waals surface area contributed by atoms with Gasteiger partial charge in [-0.1, -0.05) is 13.8 Å². The molecule has 1 saturated heterocycles. The molecule has 1 aliphatic rings. The maximum Gasteiger partial charge on any atom is 0.245 e. The van der Waals surface area contributed by atoms with Crippen LogP contribution in [-0.4, -0.2) is 56.7 Å². The van der Waals surface area contributed by atoms with Crippen LogP contribution in [0.25, 0.3) is 0 Å². The summed E-state index contributed by atoms with van der Waals surface area (Å²) in [6.45, 7) is 7.49. The van der Waals surface area contributed by atoms with Crippen LogP contribution in [0.15, 0.2) is 0 Å². The van der Waals surface area contributed by atoms with Gasteiger partial charge in [0, 0.05) is 20.2 Å². The van der Waals surface area contributed by atoms with Crippen molar-refractivity contribution in [1.29, 1.82) is 0 Å². The highest BCUT2D eigenvalue weighted by atomic mass is 16.5. The van der Waals surface area contributed by atoms with E-state index in [1.165, 1.54) is 0 Å². The van der Waals surface area contributed by atoms with Gasteiger partial charge in [0.1, 0.15) is 5.82 Å². The number of likely N-dealkylation sites (N-methyl/N-ethyl adjacent to an activating group) is 1. The minimum absolute atomic E-state index is 0.0322. The molecule has 3 rings (SSSR count). The van der Waals surface area contributed by atoms with Crippen LogP contribution in [0.4, 0.5) is 5.95 Å². The Bertz CT molecular complexity index is 687. The second-order valence-corrected chi connectivity index (χ2v) is 6.18. The molecular formula is C16H25N7O. The number of H-pyrrole nitrogens is 1. The molecule has 0 spiro atoms. The molecule has 2 aromatic heterocycles. The Morgan fingerprint density at radius 3 is 2.62 bits per heavy atom. The van der Waals surface area contributed by atoms with Gasteiger partial charge in [-0.2, -0.15) is 10.2 Å². The van der Waals surface area contributed by atoms with Crippen molar-refractivity contribution in [3.63, 3.8) is 0 Å². The zero-order valence-corrected chi connectivity index (χ0v) is 14.8. The van der Waals surface area contributed by atoms with E-state index in [4.69, 9.17) is 4.74 Å². The van der Waals surface area contributed by atoms with Crippen molar-refractivity contribution in [2.45, 2.75) is 52.1 Å². The zero-order chi connectivity index (χ0) is 17.1. The van der Waals surface area contributed by atoms with Crippen LogP contribution >= 0.6 is 0 Å². The SMILES string of the molecule is CCc1nnc(N(C)C[C@H]2OCC[C@H]2c2n[nH]c(C)n2)nc1CC. The van der Waals surface area contributed by atoms with Crippen molar-refractivity contribution < 1.29 is 4.74 Å². The molecule has 1 aliphatic heterocycles. The van der Waals surface area contributed by atoms with Gasteiger partial charge in [-0.25, -0.2) is 9.97 Å². The molecule has 1 N–H and O–H groups in total. The molecule has 0 unspecified atom stereocenters. The quantitative estimate of drug-likeness (QED) is 0.856. The molecule has 2 aromatic rings. The minimum atomic E-state index is 0.0322. The summed E-state index contributed by atoms with van der Waals surface area (Å²) in [6.07, 6.45) is 2.68. The fraction of sp³-hybridized carbons (Fsp3) is 0.688. The van der Waals surface area contributed by atoms with Gasteiger partial charge < -0.3 is 9.64 Å². The summed E-state index contributed by atoms with van der Waals surface area (Å²) in [5.41, 5.74) is 1.99. The first kappa shape index (κ1) is 16.8. The Balaban J connectivity index is 1.73. The second kappa shape index (κ2) is 7.21. The lowest BCUT2D eigenvalue weighted by Crippen LogP contribution is -2.33. The Hall–Kier alpha value is -2.09. The molecule has 0 amide bonds. The number of nitrogens with one attached hydrogen (secondary N) is 1. The molecular weight excluding hydrogens is 306 g/mol. The van der Waals surface area contributed by atoms with Crippen molar-refractivity contribution in [1.82, 2.24) is 30.4 Å². The zero-order valence-electron chi connectivity index (χ0n) is 14.8. The number of anilines is 1. The standard InChI is InChI=1S/C16H25N7O/c1-5-12-13(6-2)20-22-16(18-12)23(4)9-14-11(7-8-24-14)15-17-10(3)19-21-15/h11,14H,5-9H2,1-4H3,(H,17,19,21)/t11-,14-/m1/s1. The normalized spacial score (nSPS) is 20.5. The van der Waals surface area contributed by atoms with Crippen LogP contribution in [0.5, 0.6) is 0 Å². The number of nitrogens with zero attached hydrogens (tertiary/aromatic N) is 6. The number of rotatable bonds is 6. The fourth-order valence-electron chi connectivity index (χ4n) is 3.09. The van der Waals surface area contributed by atoms with Gasteiger partial charge in [-0.05, 0) is 26.2 Å². The third-order valence-electron chi connectivity index (χ3n) is 4.45. The number of aromatic amines is 1. The first-order chi connectivity index (χ1) is 11.6. The number of hydrogen-bond donors (Lipinski definition) is 1. The maximum absolute atomic E-state index is 5.91. The van der Waals surface area contributed by atoms with Gasteiger partial charge in [0.2, 0.25) is 5.95 Å². The summed E-state index contributed by atoms with van der Waals surface area (Å²) in [5.74, 6) is 2.51. The Labute approximate surface area is 142 Å². The van der Waals surface area contributed by atoms with Crippen LogP contribution in [0.1, 0.15) is 49.2 Å². The third kappa shape index (κ3) is 3.38. The van der Waals surface area contributed by atoms with Crippen LogP contribution in [0, 0.1) is 6.92 Å². The van der Waals surface area contributed by atoms with Gasteiger partial charge in [-0.15, -0.1) is 5.10 Å². The van der Waals surface area contributed by atoms with E-state index in [9.17, 15) is 0 Å². The minimum Gasteiger partial charge on any atom is -0.376 e. The molecule has 0 radical (unpaired) electrons. The molecule has 0 aliphatic carbocycles. The summed E-state index contributed by atoms with van der Waals surface area (Å²) < 4.78 is 5.91. The maximum atomic E-state index is 5.91. The van der Waals surface area contributed by atoms with Crippen LogP contribution < -0.4 is 4.90 Å². The van der Waals surface area contributed by atoms with E-state index in [1.807, 2.05) is 18.9 Å². The third-order valence-corrected chi connectivity index (χ3v) is 4.45. The summed E-state index contributed by atoms with van der Waals surface area (Å²) in [7, 11) is 1.98. The molecule has 3 heterocycles. The summed E-state index contributed by atoms with van der Waals surface area (Å²) in [6, 6.07) is 0. The lowest BCUT2D eigenvalue weighted by molar-refractivity contribution is 0.108. The topological polar surface area (TPSA) is 92.7 Å². The molecule has 2 atom stereocenters. The van der Waals surface area contributed by atoms with Crippen molar-refractivity contribution >= 4 is 5.95 Å². The molecule has 0 bridgehead atoms. The molecule has 1 fully saturated rings. The Morgan fingerprint density at radius 2 is 1.96 bits per heavy atom. The predicted octanol–water partition coefficient (Wildman–Crippen LogP) is 1.43. The van der Waals surface area contributed by atoms with E-state index in [2.05, 4.69) is 44.2 Å². The number of aryl methyl sites for hydroxylation is 3. The highest BCUT2D eigenvalue weighted by Gasteiger charge is 2.33. The first-order valence-corrected chi connectivity index (χ1v) is 8.56. The fourth-order valence-corrected chi connectivity index (χ4v) is 3.09. The van der Waals surface area contributed by atoms with E-state index in [0.717, 1.165) is 48.9 Å². The van der Waals surface area contributed by atoms with E-state index in [-0.39, 0.29) is 12.0 Å². The largest absolute Gasteiger partial charge is 0.376 e. The van der Waals surface area contributed by atoms with Crippen LogP contribution in [-0.2, 0) is 17.6 Å². The molecule has 0 aromatic carbocycles. The van der Waals surface area contributed by atoms with E-state index >= 15 is 0 Å². The first-order valence-electron chi connectivity index (χ1n) is 8.56. The second-order valence-electron chi connectivity index (χ2n) is 6.18. The highest BCUT2D eigenvalue weighted by molar-refractivity contribution is 5.30.